The first-order chi connectivity index (χ1) is 33.5. The summed E-state index contributed by atoms with van der Waals surface area (Å²) in [7, 11) is 1.59. The molecule has 0 saturated carbocycles. The van der Waals surface area contributed by atoms with Crippen LogP contribution in [0.5, 0.6) is 0 Å². The highest BCUT2D eigenvalue weighted by molar-refractivity contribution is 7.47. The average molecular weight is 999 g/mol. The number of quaternary nitrogens is 1. The molecule has 69 heavy (non-hydrogen) atoms. The zero-order chi connectivity index (χ0) is 50.6. The molecule has 3 unspecified atom stereocenters. The SMILES string of the molecule is CCCCCCCCCCCCCCCCCCCCCCCCC/C=C/C(O)C(COP(=O)(O)OCC[N+](C)(C)C)NC(=O)CCCCCCCCCCCCCCCCCCCCCCCC. The van der Waals surface area contributed by atoms with E-state index in [9.17, 15) is 19.4 Å². The molecule has 9 heteroatoms. The minimum absolute atomic E-state index is 0.0653. The van der Waals surface area contributed by atoms with Gasteiger partial charge in [-0.3, -0.25) is 13.8 Å². The second-order valence-corrected chi connectivity index (χ2v) is 23.9. The van der Waals surface area contributed by atoms with Gasteiger partial charge in [0.1, 0.15) is 13.2 Å². The van der Waals surface area contributed by atoms with Crippen molar-refractivity contribution >= 4 is 13.7 Å². The zero-order valence-corrected chi connectivity index (χ0v) is 48.0. The Balaban J connectivity index is 4.14. The molecule has 0 saturated heterocycles. The predicted molar refractivity (Wildman–Crippen MR) is 300 cm³/mol. The molecule has 8 nitrogen and oxygen atoms in total. The van der Waals surface area contributed by atoms with Crippen molar-refractivity contribution in [1.82, 2.24) is 5.32 Å². The van der Waals surface area contributed by atoms with Gasteiger partial charge < -0.3 is 19.8 Å². The number of carbonyl (C=O) groups is 1. The summed E-state index contributed by atoms with van der Waals surface area (Å²) < 4.78 is 23.8. The maximum absolute atomic E-state index is 13.0. The van der Waals surface area contributed by atoms with Crippen molar-refractivity contribution in [2.75, 3.05) is 40.9 Å². The molecule has 0 aromatic rings. The van der Waals surface area contributed by atoms with Crippen molar-refractivity contribution in [3.63, 3.8) is 0 Å². The van der Waals surface area contributed by atoms with Crippen molar-refractivity contribution in [2.24, 2.45) is 0 Å². The highest BCUT2D eigenvalue weighted by Crippen LogP contribution is 2.43. The molecule has 1 amide bonds. The van der Waals surface area contributed by atoms with Gasteiger partial charge in [-0.1, -0.05) is 302 Å². The topological polar surface area (TPSA) is 105 Å². The number of aliphatic hydroxyl groups excluding tert-OH is 1. The number of nitrogens with zero attached hydrogens (tertiary/aromatic N) is 1. The molecule has 0 aliphatic rings. The van der Waals surface area contributed by atoms with E-state index in [4.69, 9.17) is 9.05 Å². The van der Waals surface area contributed by atoms with Crippen LogP contribution in [-0.4, -0.2) is 73.4 Å². The quantitative estimate of drug-likeness (QED) is 0.0243. The number of rotatable bonds is 57. The number of carbonyl (C=O) groups excluding carboxylic acids is 1. The van der Waals surface area contributed by atoms with Gasteiger partial charge in [0.2, 0.25) is 5.91 Å². The standard InChI is InChI=1S/C60H121N2O6P/c1-6-8-10-12-14-16-18-20-22-24-26-28-30-31-32-33-35-37-39-41-43-45-47-49-51-53-59(63)58(57-68-69(65,66)67-56-55-62(3,4)5)61-60(64)54-52-50-48-46-44-42-40-38-36-34-29-27-25-23-21-19-17-15-13-11-9-7-2/h51,53,58-59,63H,6-50,52,54-57H2,1-5H3,(H-,61,64,65,66)/p+1/b53-51+. The fourth-order valence-corrected chi connectivity index (χ4v) is 10.2. The molecule has 0 bridgehead atoms. The number of hydrogen-bond acceptors (Lipinski definition) is 5. The van der Waals surface area contributed by atoms with Crippen LogP contribution in [0.2, 0.25) is 0 Å². The molecule has 0 spiro atoms. The lowest BCUT2D eigenvalue weighted by Gasteiger charge is -2.25. The summed E-state index contributed by atoms with van der Waals surface area (Å²) >= 11 is 0. The van der Waals surface area contributed by atoms with Crippen LogP contribution in [0, 0.1) is 0 Å². The van der Waals surface area contributed by atoms with Crippen LogP contribution < -0.4 is 5.32 Å². The fraction of sp³-hybridized carbons (Fsp3) is 0.950. The van der Waals surface area contributed by atoms with Gasteiger partial charge >= 0.3 is 7.82 Å². The molecule has 0 aliphatic heterocycles. The van der Waals surface area contributed by atoms with Crippen LogP contribution in [0.4, 0.5) is 0 Å². The summed E-state index contributed by atoms with van der Waals surface area (Å²) in [4.78, 5) is 23.3. The molecule has 3 N–H and O–H groups in total. The van der Waals surface area contributed by atoms with Crippen molar-refractivity contribution < 1.29 is 32.9 Å². The Hall–Kier alpha value is -0.760. The van der Waals surface area contributed by atoms with E-state index in [1.54, 1.807) is 6.08 Å². The van der Waals surface area contributed by atoms with Gasteiger partial charge in [-0.2, -0.15) is 0 Å². The van der Waals surface area contributed by atoms with Gasteiger partial charge in [0, 0.05) is 6.42 Å². The first-order valence-electron chi connectivity index (χ1n) is 30.6. The largest absolute Gasteiger partial charge is 0.472 e. The second kappa shape index (κ2) is 52.1. The van der Waals surface area contributed by atoms with E-state index in [1.165, 1.54) is 263 Å². The third kappa shape index (κ3) is 54.8. The second-order valence-electron chi connectivity index (χ2n) is 22.4. The number of likely N-dealkylation sites (N-methyl/N-ethyl adjacent to an activating group) is 1. The van der Waals surface area contributed by atoms with E-state index in [0.717, 1.165) is 32.1 Å². The number of allylic oxidation sites excluding steroid dienone is 1. The normalized spacial score (nSPS) is 13.9. The summed E-state index contributed by atoms with van der Waals surface area (Å²) in [5.74, 6) is -0.169. The predicted octanol–water partition coefficient (Wildman–Crippen LogP) is 18.6. The van der Waals surface area contributed by atoms with Gasteiger partial charge in [0.05, 0.1) is 39.9 Å². The summed E-state index contributed by atoms with van der Waals surface area (Å²) in [6.45, 7) is 4.88. The number of phosphoric ester groups is 1. The number of hydrogen-bond donors (Lipinski definition) is 3. The molecule has 0 aliphatic carbocycles. The van der Waals surface area contributed by atoms with Gasteiger partial charge in [-0.25, -0.2) is 4.57 Å². The molecule has 0 heterocycles. The van der Waals surface area contributed by atoms with Gasteiger partial charge in [0.15, 0.2) is 0 Å². The lowest BCUT2D eigenvalue weighted by molar-refractivity contribution is -0.870. The number of phosphoric acid groups is 1. The Labute approximate surface area is 431 Å². The monoisotopic (exact) mass is 998 g/mol. The Kier molecular flexibility index (Phi) is 51.5. The van der Waals surface area contributed by atoms with Crippen LogP contribution in [-0.2, 0) is 18.4 Å². The first kappa shape index (κ1) is 68.2. The average Bonchev–Trinajstić information content (AvgIpc) is 3.31. The van der Waals surface area contributed by atoms with Crippen LogP contribution >= 0.6 is 7.82 Å². The van der Waals surface area contributed by atoms with E-state index in [0.29, 0.717) is 17.4 Å². The van der Waals surface area contributed by atoms with Crippen molar-refractivity contribution in [2.45, 2.75) is 328 Å². The van der Waals surface area contributed by atoms with Crippen LogP contribution in [0.3, 0.4) is 0 Å². The molecular formula is C60H122N2O6P+. The fourth-order valence-electron chi connectivity index (χ4n) is 9.46. The van der Waals surface area contributed by atoms with E-state index < -0.39 is 20.0 Å². The molecule has 0 radical (unpaired) electrons. The van der Waals surface area contributed by atoms with Crippen molar-refractivity contribution in [3.05, 3.63) is 12.2 Å². The van der Waals surface area contributed by atoms with Gasteiger partial charge in [0.25, 0.3) is 0 Å². The maximum Gasteiger partial charge on any atom is 0.472 e. The Bertz CT molecular complexity index is 1130. The summed E-state index contributed by atoms with van der Waals surface area (Å²) in [6.07, 6.45) is 64.6. The highest BCUT2D eigenvalue weighted by Gasteiger charge is 2.27. The Morgan fingerprint density at radius 2 is 0.768 bits per heavy atom. The van der Waals surface area contributed by atoms with Gasteiger partial charge in [-0.05, 0) is 19.3 Å². The number of nitrogens with one attached hydrogen (secondary N) is 1. The molecular weight excluding hydrogens is 876 g/mol. The molecule has 412 valence electrons. The van der Waals surface area contributed by atoms with E-state index in [2.05, 4.69) is 19.2 Å². The zero-order valence-electron chi connectivity index (χ0n) is 47.1. The Morgan fingerprint density at radius 3 is 1.07 bits per heavy atom. The first-order valence-corrected chi connectivity index (χ1v) is 32.1. The number of amides is 1. The maximum atomic E-state index is 13.0. The molecule has 0 fully saturated rings. The van der Waals surface area contributed by atoms with Gasteiger partial charge in [-0.15, -0.1) is 0 Å². The molecule has 3 atom stereocenters. The summed E-state index contributed by atoms with van der Waals surface area (Å²) in [5.41, 5.74) is 0. The highest BCUT2D eigenvalue weighted by atomic mass is 31.2. The molecule has 0 aromatic heterocycles. The molecule has 0 aromatic carbocycles. The summed E-state index contributed by atoms with van der Waals surface area (Å²) in [5, 5.41) is 14.0. The van der Waals surface area contributed by atoms with E-state index >= 15 is 0 Å². The lowest BCUT2D eigenvalue weighted by atomic mass is 10.0. The third-order valence-corrected chi connectivity index (χ3v) is 15.2. The van der Waals surface area contributed by atoms with E-state index in [-0.39, 0.29) is 19.1 Å². The summed E-state index contributed by atoms with van der Waals surface area (Å²) in [6, 6.07) is -0.842. The van der Waals surface area contributed by atoms with Crippen LogP contribution in [0.25, 0.3) is 0 Å². The number of aliphatic hydroxyl groups is 1. The molecule has 0 rings (SSSR count). The van der Waals surface area contributed by atoms with Crippen LogP contribution in [0.15, 0.2) is 12.2 Å². The smallest absolute Gasteiger partial charge is 0.387 e. The Morgan fingerprint density at radius 1 is 0.478 bits per heavy atom. The number of unbranched alkanes of at least 4 members (excludes halogenated alkanes) is 44. The van der Waals surface area contributed by atoms with Crippen molar-refractivity contribution in [1.29, 1.82) is 0 Å². The third-order valence-electron chi connectivity index (χ3n) is 14.3. The van der Waals surface area contributed by atoms with E-state index in [1.807, 2.05) is 27.2 Å². The van der Waals surface area contributed by atoms with Crippen LogP contribution in [0.1, 0.15) is 316 Å². The van der Waals surface area contributed by atoms with Crippen molar-refractivity contribution in [3.8, 4) is 0 Å². The lowest BCUT2D eigenvalue weighted by Crippen LogP contribution is -2.45. The minimum Gasteiger partial charge on any atom is -0.387 e. The minimum atomic E-state index is -4.34.